The first-order valence-electron chi connectivity index (χ1n) is 5.55. The molecule has 5 nitrogen and oxygen atoms in total. The summed E-state index contributed by atoms with van der Waals surface area (Å²) in [6.45, 7) is 0.435. The zero-order valence-electron chi connectivity index (χ0n) is 9.65. The SMILES string of the molecule is O=c1ccc([N+](=O)[O-])cn1CCc1ccccc1. The third kappa shape index (κ3) is 2.82. The van der Waals surface area contributed by atoms with Crippen LogP contribution in [-0.2, 0) is 13.0 Å². The molecule has 0 fully saturated rings. The first-order valence-corrected chi connectivity index (χ1v) is 5.55. The van der Waals surface area contributed by atoms with Crippen LogP contribution >= 0.6 is 0 Å². The second-order valence-corrected chi connectivity index (χ2v) is 3.91. The second kappa shape index (κ2) is 5.27. The van der Waals surface area contributed by atoms with E-state index in [0.717, 1.165) is 5.56 Å². The predicted octanol–water partition coefficient (Wildman–Crippen LogP) is 2.00. The number of pyridine rings is 1. The van der Waals surface area contributed by atoms with E-state index >= 15 is 0 Å². The summed E-state index contributed by atoms with van der Waals surface area (Å²) in [5.74, 6) is 0. The minimum atomic E-state index is -0.502. The summed E-state index contributed by atoms with van der Waals surface area (Å²) in [6.07, 6.45) is 1.95. The Morgan fingerprint density at radius 1 is 1.11 bits per heavy atom. The molecule has 1 aromatic heterocycles. The van der Waals surface area contributed by atoms with Gasteiger partial charge in [0, 0.05) is 18.7 Å². The number of aromatic nitrogens is 1. The average Bonchev–Trinajstić information content (AvgIpc) is 2.38. The summed E-state index contributed by atoms with van der Waals surface area (Å²) in [6, 6.07) is 12.1. The summed E-state index contributed by atoms with van der Waals surface area (Å²) < 4.78 is 1.37. The summed E-state index contributed by atoms with van der Waals surface area (Å²) >= 11 is 0. The molecule has 0 aliphatic heterocycles. The fourth-order valence-electron chi connectivity index (χ4n) is 1.70. The lowest BCUT2D eigenvalue weighted by Crippen LogP contribution is -2.19. The summed E-state index contributed by atoms with van der Waals surface area (Å²) in [4.78, 5) is 21.7. The standard InChI is InChI=1S/C13H12N2O3/c16-13-7-6-12(15(17)18)10-14(13)9-8-11-4-2-1-3-5-11/h1-7,10H,8-9H2. The van der Waals surface area contributed by atoms with Crippen molar-refractivity contribution in [2.45, 2.75) is 13.0 Å². The van der Waals surface area contributed by atoms with Gasteiger partial charge in [0.25, 0.3) is 11.2 Å². The molecular weight excluding hydrogens is 232 g/mol. The number of rotatable bonds is 4. The Balaban J connectivity index is 2.16. The van der Waals surface area contributed by atoms with Gasteiger partial charge in [-0.25, -0.2) is 0 Å². The number of hydrogen-bond donors (Lipinski definition) is 0. The highest BCUT2D eigenvalue weighted by Crippen LogP contribution is 2.07. The van der Waals surface area contributed by atoms with E-state index in [1.165, 1.54) is 22.9 Å². The molecule has 0 aliphatic rings. The first-order chi connectivity index (χ1) is 8.66. The van der Waals surface area contributed by atoms with E-state index < -0.39 is 4.92 Å². The minimum Gasteiger partial charge on any atom is -0.309 e. The van der Waals surface area contributed by atoms with Crippen LogP contribution in [-0.4, -0.2) is 9.49 Å². The van der Waals surface area contributed by atoms with Crippen LogP contribution in [0.4, 0.5) is 5.69 Å². The van der Waals surface area contributed by atoms with Gasteiger partial charge in [0.15, 0.2) is 0 Å². The summed E-state index contributed by atoms with van der Waals surface area (Å²) in [7, 11) is 0. The average molecular weight is 244 g/mol. The van der Waals surface area contributed by atoms with E-state index in [4.69, 9.17) is 0 Å². The summed E-state index contributed by atoms with van der Waals surface area (Å²) in [5, 5.41) is 10.6. The Morgan fingerprint density at radius 3 is 2.50 bits per heavy atom. The third-order valence-electron chi connectivity index (χ3n) is 2.66. The molecule has 0 saturated heterocycles. The van der Waals surface area contributed by atoms with E-state index in [1.54, 1.807) is 0 Å². The van der Waals surface area contributed by atoms with Crippen molar-refractivity contribution in [2.24, 2.45) is 0 Å². The largest absolute Gasteiger partial charge is 0.309 e. The Bertz CT molecular complexity index is 605. The number of nitrogens with zero attached hydrogens (tertiary/aromatic N) is 2. The van der Waals surface area contributed by atoms with Crippen molar-refractivity contribution in [2.75, 3.05) is 0 Å². The number of hydrogen-bond acceptors (Lipinski definition) is 3. The molecule has 2 aromatic rings. The molecule has 0 unspecified atom stereocenters. The van der Waals surface area contributed by atoms with Crippen LogP contribution in [0.3, 0.4) is 0 Å². The highest BCUT2D eigenvalue weighted by Gasteiger charge is 2.07. The van der Waals surface area contributed by atoms with Crippen molar-refractivity contribution >= 4 is 5.69 Å². The molecule has 0 bridgehead atoms. The zero-order valence-corrected chi connectivity index (χ0v) is 9.65. The number of benzene rings is 1. The van der Waals surface area contributed by atoms with Crippen LogP contribution in [0.2, 0.25) is 0 Å². The number of nitro groups is 1. The van der Waals surface area contributed by atoms with Crippen molar-refractivity contribution in [1.29, 1.82) is 0 Å². The molecule has 1 aromatic carbocycles. The van der Waals surface area contributed by atoms with Crippen LogP contribution in [0.1, 0.15) is 5.56 Å². The Labute approximate surface area is 103 Å². The maximum absolute atomic E-state index is 11.6. The van der Waals surface area contributed by atoms with Gasteiger partial charge in [-0.05, 0) is 12.0 Å². The van der Waals surface area contributed by atoms with E-state index in [9.17, 15) is 14.9 Å². The lowest BCUT2D eigenvalue weighted by Gasteiger charge is -2.05. The second-order valence-electron chi connectivity index (χ2n) is 3.91. The molecule has 0 aliphatic carbocycles. The van der Waals surface area contributed by atoms with Gasteiger partial charge in [0.1, 0.15) is 0 Å². The molecule has 0 amide bonds. The first kappa shape index (κ1) is 12.0. The molecule has 0 spiro atoms. The van der Waals surface area contributed by atoms with E-state index in [2.05, 4.69) is 0 Å². The van der Waals surface area contributed by atoms with Crippen molar-refractivity contribution in [3.8, 4) is 0 Å². The smallest absolute Gasteiger partial charge is 0.285 e. The van der Waals surface area contributed by atoms with Gasteiger partial charge in [-0.1, -0.05) is 30.3 Å². The molecule has 0 atom stereocenters. The van der Waals surface area contributed by atoms with Gasteiger partial charge < -0.3 is 4.57 Å². The molecule has 0 saturated carbocycles. The maximum atomic E-state index is 11.6. The highest BCUT2D eigenvalue weighted by molar-refractivity contribution is 5.25. The van der Waals surface area contributed by atoms with Crippen molar-refractivity contribution in [3.63, 3.8) is 0 Å². The third-order valence-corrected chi connectivity index (χ3v) is 2.66. The normalized spacial score (nSPS) is 10.2. The molecule has 0 N–H and O–H groups in total. The van der Waals surface area contributed by atoms with Gasteiger partial charge in [-0.2, -0.15) is 0 Å². The Hall–Kier alpha value is -2.43. The summed E-state index contributed by atoms with van der Waals surface area (Å²) in [5.41, 5.74) is 0.801. The van der Waals surface area contributed by atoms with Gasteiger partial charge >= 0.3 is 0 Å². The lowest BCUT2D eigenvalue weighted by molar-refractivity contribution is -0.385. The van der Waals surface area contributed by atoms with Crippen LogP contribution in [0.5, 0.6) is 0 Å². The van der Waals surface area contributed by atoms with Crippen molar-refractivity contribution < 1.29 is 4.92 Å². The predicted molar refractivity (Wildman–Crippen MR) is 67.5 cm³/mol. The van der Waals surface area contributed by atoms with E-state index in [-0.39, 0.29) is 11.2 Å². The maximum Gasteiger partial charge on any atom is 0.285 e. The van der Waals surface area contributed by atoms with Crippen LogP contribution in [0.25, 0.3) is 0 Å². The van der Waals surface area contributed by atoms with Gasteiger partial charge in [-0.15, -0.1) is 0 Å². The topological polar surface area (TPSA) is 65.1 Å². The van der Waals surface area contributed by atoms with Crippen LogP contribution < -0.4 is 5.56 Å². The lowest BCUT2D eigenvalue weighted by atomic mass is 10.1. The minimum absolute atomic E-state index is 0.0670. The zero-order chi connectivity index (χ0) is 13.0. The van der Waals surface area contributed by atoms with Gasteiger partial charge in [-0.3, -0.25) is 14.9 Å². The number of aryl methyl sites for hydroxylation is 2. The molecule has 92 valence electrons. The molecule has 5 heteroatoms. The fraction of sp³-hybridized carbons (Fsp3) is 0.154. The molecular formula is C13H12N2O3. The fourth-order valence-corrected chi connectivity index (χ4v) is 1.70. The highest BCUT2D eigenvalue weighted by atomic mass is 16.6. The van der Waals surface area contributed by atoms with E-state index in [0.29, 0.717) is 13.0 Å². The molecule has 1 heterocycles. The quantitative estimate of drug-likeness (QED) is 0.610. The van der Waals surface area contributed by atoms with E-state index in [1.807, 2.05) is 30.3 Å². The van der Waals surface area contributed by atoms with Crippen LogP contribution in [0.15, 0.2) is 53.5 Å². The van der Waals surface area contributed by atoms with Gasteiger partial charge in [0.2, 0.25) is 0 Å². The Kier molecular flexibility index (Phi) is 3.52. The Morgan fingerprint density at radius 2 is 1.83 bits per heavy atom. The van der Waals surface area contributed by atoms with Crippen LogP contribution in [0, 0.1) is 10.1 Å². The van der Waals surface area contributed by atoms with Crippen molar-refractivity contribution in [3.05, 3.63) is 74.7 Å². The molecule has 0 radical (unpaired) electrons. The monoisotopic (exact) mass is 244 g/mol. The van der Waals surface area contributed by atoms with Crippen molar-refractivity contribution in [1.82, 2.24) is 4.57 Å². The van der Waals surface area contributed by atoms with Gasteiger partial charge in [0.05, 0.1) is 11.1 Å². The molecule has 2 rings (SSSR count). The molecule has 18 heavy (non-hydrogen) atoms.